The fraction of sp³-hybridized carbons (Fsp3) is 0.409. The first-order valence-electron chi connectivity index (χ1n) is 9.76. The van der Waals surface area contributed by atoms with Gasteiger partial charge in [0.1, 0.15) is 5.75 Å². The first kappa shape index (κ1) is 22.2. The van der Waals surface area contributed by atoms with Crippen molar-refractivity contribution in [3.05, 3.63) is 47.8 Å². The van der Waals surface area contributed by atoms with Crippen LogP contribution in [0.1, 0.15) is 49.2 Å². The highest BCUT2D eigenvalue weighted by molar-refractivity contribution is 5.94. The smallest absolute Gasteiger partial charge is 0.308 e. The van der Waals surface area contributed by atoms with Crippen LogP contribution in [0, 0.1) is 0 Å². The third-order valence-electron chi connectivity index (χ3n) is 4.16. The van der Waals surface area contributed by atoms with E-state index >= 15 is 0 Å². The number of ether oxygens (including phenoxy) is 3. The van der Waals surface area contributed by atoms with Gasteiger partial charge in [-0.1, -0.05) is 19.8 Å². The molecule has 0 saturated heterocycles. The van der Waals surface area contributed by atoms with Crippen molar-refractivity contribution in [2.24, 2.45) is 0 Å². The predicted octanol–water partition coefficient (Wildman–Crippen LogP) is 3.56. The van der Waals surface area contributed by atoms with Crippen LogP contribution < -0.4 is 19.5 Å². The number of nitrogens with zero attached hydrogens (tertiary/aromatic N) is 1. The Kier molecular flexibility index (Phi) is 8.95. The Morgan fingerprint density at radius 3 is 2.59 bits per heavy atom. The van der Waals surface area contributed by atoms with Crippen molar-refractivity contribution in [3.8, 4) is 17.2 Å². The Balaban J connectivity index is 1.88. The lowest BCUT2D eigenvalue weighted by Gasteiger charge is -2.12. The maximum absolute atomic E-state index is 12.5. The Morgan fingerprint density at radius 2 is 1.93 bits per heavy atom. The summed E-state index contributed by atoms with van der Waals surface area (Å²) in [6.45, 7) is 4.49. The number of benzene rings is 1. The van der Waals surface area contributed by atoms with Gasteiger partial charge in [0.25, 0.3) is 5.91 Å². The van der Waals surface area contributed by atoms with Crippen molar-refractivity contribution in [2.45, 2.75) is 39.5 Å². The summed E-state index contributed by atoms with van der Waals surface area (Å²) in [6.07, 6.45) is 5.22. The standard InChI is InChI=1S/C22H28N2O5/c1-4-5-6-13-28-21-14-17(7-10-20(21)27-3)22(26)23-12-11-18-8-9-19(15-24-18)29-16(2)25/h7-10,14-15H,4-6,11-13H2,1-3H3,(H,23,26). The van der Waals surface area contributed by atoms with Crippen molar-refractivity contribution in [2.75, 3.05) is 20.3 Å². The van der Waals surface area contributed by atoms with Crippen LogP contribution in [0.4, 0.5) is 0 Å². The van der Waals surface area contributed by atoms with Crippen molar-refractivity contribution in [3.63, 3.8) is 0 Å². The van der Waals surface area contributed by atoms with E-state index in [0.29, 0.717) is 42.4 Å². The summed E-state index contributed by atoms with van der Waals surface area (Å²) in [7, 11) is 1.58. The van der Waals surface area contributed by atoms with Crippen LogP contribution in [-0.2, 0) is 11.2 Å². The van der Waals surface area contributed by atoms with E-state index in [1.54, 1.807) is 37.4 Å². The largest absolute Gasteiger partial charge is 0.493 e. The summed E-state index contributed by atoms with van der Waals surface area (Å²) < 4.78 is 16.0. The van der Waals surface area contributed by atoms with Gasteiger partial charge in [-0.2, -0.15) is 0 Å². The van der Waals surface area contributed by atoms with Crippen molar-refractivity contribution in [1.29, 1.82) is 0 Å². The molecule has 0 spiro atoms. The number of pyridine rings is 1. The summed E-state index contributed by atoms with van der Waals surface area (Å²) >= 11 is 0. The molecule has 156 valence electrons. The van der Waals surface area contributed by atoms with Crippen LogP contribution in [0.25, 0.3) is 0 Å². The lowest BCUT2D eigenvalue weighted by molar-refractivity contribution is -0.131. The van der Waals surface area contributed by atoms with Crippen molar-refractivity contribution in [1.82, 2.24) is 10.3 Å². The second-order valence-electron chi connectivity index (χ2n) is 6.51. The number of hydrogen-bond donors (Lipinski definition) is 1. The average Bonchev–Trinajstić information content (AvgIpc) is 2.72. The molecule has 1 amide bonds. The number of aromatic nitrogens is 1. The monoisotopic (exact) mass is 400 g/mol. The van der Waals surface area contributed by atoms with E-state index in [9.17, 15) is 9.59 Å². The Labute approximate surface area is 171 Å². The van der Waals surface area contributed by atoms with Crippen LogP contribution in [0.3, 0.4) is 0 Å². The van der Waals surface area contributed by atoms with Crippen molar-refractivity contribution < 1.29 is 23.8 Å². The summed E-state index contributed by atoms with van der Waals surface area (Å²) in [4.78, 5) is 27.6. The van der Waals surface area contributed by atoms with Crippen LogP contribution in [0.5, 0.6) is 17.2 Å². The van der Waals surface area contributed by atoms with E-state index in [1.807, 2.05) is 0 Å². The van der Waals surface area contributed by atoms with Crippen LogP contribution in [0.2, 0.25) is 0 Å². The minimum Gasteiger partial charge on any atom is -0.493 e. The zero-order chi connectivity index (χ0) is 21.1. The highest BCUT2D eigenvalue weighted by Crippen LogP contribution is 2.28. The molecular formula is C22H28N2O5. The van der Waals surface area contributed by atoms with Gasteiger partial charge < -0.3 is 19.5 Å². The molecule has 0 fully saturated rings. The zero-order valence-electron chi connectivity index (χ0n) is 17.2. The molecule has 7 nitrogen and oxygen atoms in total. The second kappa shape index (κ2) is 11.7. The normalized spacial score (nSPS) is 10.3. The second-order valence-corrected chi connectivity index (χ2v) is 6.51. The fourth-order valence-corrected chi connectivity index (χ4v) is 2.66. The van der Waals surface area contributed by atoms with E-state index in [2.05, 4.69) is 17.2 Å². The molecule has 0 aliphatic heterocycles. The van der Waals surface area contributed by atoms with Crippen LogP contribution in [0.15, 0.2) is 36.5 Å². The highest BCUT2D eigenvalue weighted by atomic mass is 16.5. The lowest BCUT2D eigenvalue weighted by atomic mass is 10.1. The quantitative estimate of drug-likeness (QED) is 0.458. The van der Waals surface area contributed by atoms with Gasteiger partial charge in [0.2, 0.25) is 0 Å². The third kappa shape index (κ3) is 7.44. The summed E-state index contributed by atoms with van der Waals surface area (Å²) in [5.74, 6) is 0.992. The fourth-order valence-electron chi connectivity index (χ4n) is 2.66. The van der Waals surface area contributed by atoms with Crippen molar-refractivity contribution >= 4 is 11.9 Å². The van der Waals surface area contributed by atoms with E-state index in [4.69, 9.17) is 14.2 Å². The molecule has 1 aromatic heterocycles. The van der Waals surface area contributed by atoms with Gasteiger partial charge in [-0.25, -0.2) is 0 Å². The number of unbranched alkanes of at least 4 members (excludes halogenated alkanes) is 2. The van der Waals surface area contributed by atoms with Gasteiger partial charge in [-0.05, 0) is 36.8 Å². The third-order valence-corrected chi connectivity index (χ3v) is 4.16. The molecule has 0 radical (unpaired) electrons. The van der Waals surface area contributed by atoms with Gasteiger partial charge in [-0.3, -0.25) is 14.6 Å². The predicted molar refractivity (Wildman–Crippen MR) is 110 cm³/mol. The van der Waals surface area contributed by atoms with Gasteiger partial charge in [0.15, 0.2) is 11.5 Å². The SMILES string of the molecule is CCCCCOc1cc(C(=O)NCCc2ccc(OC(C)=O)cn2)ccc1OC. The number of rotatable bonds is 11. The topological polar surface area (TPSA) is 86.8 Å². The molecule has 0 atom stereocenters. The van der Waals surface area contributed by atoms with E-state index in [1.165, 1.54) is 13.1 Å². The minimum atomic E-state index is -0.389. The molecule has 0 aliphatic carbocycles. The molecule has 0 bridgehead atoms. The molecule has 2 rings (SSSR count). The molecule has 0 unspecified atom stereocenters. The highest BCUT2D eigenvalue weighted by Gasteiger charge is 2.11. The Hall–Kier alpha value is -3.09. The van der Waals surface area contributed by atoms with Crippen LogP contribution in [-0.4, -0.2) is 37.1 Å². The summed E-state index contributed by atoms with van der Waals surface area (Å²) in [6, 6.07) is 8.59. The van der Waals surface area contributed by atoms with E-state index < -0.39 is 0 Å². The van der Waals surface area contributed by atoms with Crippen LogP contribution >= 0.6 is 0 Å². The molecular weight excluding hydrogens is 372 g/mol. The minimum absolute atomic E-state index is 0.192. The molecule has 1 heterocycles. The number of methoxy groups -OCH3 is 1. The zero-order valence-corrected chi connectivity index (χ0v) is 17.2. The number of esters is 1. The maximum atomic E-state index is 12.5. The Morgan fingerprint density at radius 1 is 1.10 bits per heavy atom. The van der Waals surface area contributed by atoms with Gasteiger partial charge in [0.05, 0.1) is 19.9 Å². The van der Waals surface area contributed by atoms with Gasteiger partial charge in [0, 0.05) is 31.1 Å². The molecule has 29 heavy (non-hydrogen) atoms. The first-order chi connectivity index (χ1) is 14.0. The molecule has 2 aromatic rings. The molecule has 7 heteroatoms. The molecule has 1 aromatic carbocycles. The molecule has 1 N–H and O–H groups in total. The van der Waals surface area contributed by atoms with Gasteiger partial charge >= 0.3 is 5.97 Å². The Bertz CT molecular complexity index is 805. The molecule has 0 saturated carbocycles. The maximum Gasteiger partial charge on any atom is 0.308 e. The average molecular weight is 400 g/mol. The summed E-state index contributed by atoms with van der Waals surface area (Å²) in [5, 5.41) is 2.87. The summed E-state index contributed by atoms with van der Waals surface area (Å²) in [5.41, 5.74) is 1.30. The lowest BCUT2D eigenvalue weighted by Crippen LogP contribution is -2.26. The van der Waals surface area contributed by atoms with E-state index in [0.717, 1.165) is 25.0 Å². The van der Waals surface area contributed by atoms with E-state index in [-0.39, 0.29) is 11.9 Å². The molecule has 0 aliphatic rings. The number of nitrogens with one attached hydrogen (secondary N) is 1. The number of amides is 1. The first-order valence-corrected chi connectivity index (χ1v) is 9.76. The number of carbonyl (C=O) groups excluding carboxylic acids is 2. The number of carbonyl (C=O) groups is 2. The number of hydrogen-bond acceptors (Lipinski definition) is 6. The van der Waals surface area contributed by atoms with Gasteiger partial charge in [-0.15, -0.1) is 0 Å².